The molecule has 45 heavy (non-hydrogen) atoms. The van der Waals surface area contributed by atoms with Crippen LogP contribution in [0.1, 0.15) is 33.4 Å². The molecule has 0 bridgehead atoms. The molecule has 0 atom stereocenters. The van der Waals surface area contributed by atoms with E-state index < -0.39 is 5.41 Å². The van der Waals surface area contributed by atoms with E-state index in [1.807, 2.05) is 0 Å². The van der Waals surface area contributed by atoms with Crippen molar-refractivity contribution >= 4 is 0 Å². The van der Waals surface area contributed by atoms with Crippen molar-refractivity contribution in [2.45, 2.75) is 11.8 Å². The van der Waals surface area contributed by atoms with E-state index in [0.717, 1.165) is 17.9 Å². The van der Waals surface area contributed by atoms with Gasteiger partial charge in [0.2, 0.25) is 0 Å². The van der Waals surface area contributed by atoms with Crippen LogP contribution in [0.15, 0.2) is 170 Å². The van der Waals surface area contributed by atoms with Crippen LogP contribution < -0.4 is 4.74 Å². The highest BCUT2D eigenvalue weighted by molar-refractivity contribution is 5.88. The minimum absolute atomic E-state index is 0.448. The van der Waals surface area contributed by atoms with Gasteiger partial charge < -0.3 is 4.74 Å². The molecule has 0 amide bonds. The Bertz CT molecular complexity index is 2180. The van der Waals surface area contributed by atoms with Gasteiger partial charge in [-0.15, -0.1) is 0 Å². The van der Waals surface area contributed by atoms with Crippen LogP contribution in [0.25, 0.3) is 33.4 Å². The summed E-state index contributed by atoms with van der Waals surface area (Å²) in [6, 6.07) is 61.5. The summed E-state index contributed by atoms with van der Waals surface area (Å²) in [4.78, 5) is 0. The Morgan fingerprint density at radius 2 is 0.956 bits per heavy atom. The first-order valence-corrected chi connectivity index (χ1v) is 15.6. The van der Waals surface area contributed by atoms with Gasteiger partial charge in [0, 0.05) is 11.1 Å². The van der Waals surface area contributed by atoms with Gasteiger partial charge in [0.25, 0.3) is 0 Å². The van der Waals surface area contributed by atoms with Gasteiger partial charge in [-0.1, -0.05) is 152 Å². The first-order chi connectivity index (χ1) is 22.3. The standard InChI is InChI=1S/C44H30O/c1-2-13-31(14-3-1)32-16-12-17-34(29-32)35-18-5-4-15-33(35)27-30-25-26-43-41(28-30)44(40-23-10-11-24-42(40)45-43)38-21-8-6-19-36(38)37-20-7-9-22-39(37)44/h1-26,28-29H,27H2. The Morgan fingerprint density at radius 1 is 0.378 bits per heavy atom. The van der Waals surface area contributed by atoms with Gasteiger partial charge >= 0.3 is 0 Å². The van der Waals surface area contributed by atoms with E-state index in [-0.39, 0.29) is 0 Å². The van der Waals surface area contributed by atoms with Crippen LogP contribution in [-0.2, 0) is 11.8 Å². The van der Waals surface area contributed by atoms with Gasteiger partial charge in [0.05, 0.1) is 5.41 Å². The van der Waals surface area contributed by atoms with Gasteiger partial charge in [0.1, 0.15) is 11.5 Å². The minimum Gasteiger partial charge on any atom is -0.457 e. The number of para-hydroxylation sites is 1. The summed E-state index contributed by atoms with van der Waals surface area (Å²) in [5.41, 5.74) is 14.7. The molecule has 0 radical (unpaired) electrons. The topological polar surface area (TPSA) is 9.23 Å². The summed E-state index contributed by atoms with van der Waals surface area (Å²) >= 11 is 0. The molecule has 0 unspecified atom stereocenters. The average Bonchev–Trinajstić information content (AvgIpc) is 3.40. The fourth-order valence-corrected chi connectivity index (χ4v) is 7.69. The summed E-state index contributed by atoms with van der Waals surface area (Å²) in [7, 11) is 0. The van der Waals surface area contributed by atoms with Crippen molar-refractivity contribution < 1.29 is 4.74 Å². The van der Waals surface area contributed by atoms with Crippen LogP contribution in [0.4, 0.5) is 0 Å². The molecule has 0 saturated heterocycles. The highest BCUT2D eigenvalue weighted by Gasteiger charge is 2.50. The lowest BCUT2D eigenvalue weighted by Crippen LogP contribution is -2.32. The SMILES string of the molecule is c1ccc(-c2cccc(-c3ccccc3Cc3ccc4c(c3)C3(c5ccccc5O4)c4ccccc4-c4ccccc43)c2)cc1. The molecule has 0 fully saturated rings. The van der Waals surface area contributed by atoms with Crippen molar-refractivity contribution in [3.05, 3.63) is 203 Å². The third-order valence-corrected chi connectivity index (χ3v) is 9.60. The van der Waals surface area contributed by atoms with Crippen LogP contribution in [0, 0.1) is 0 Å². The molecule has 1 aliphatic carbocycles. The Morgan fingerprint density at radius 3 is 1.73 bits per heavy atom. The second-order valence-electron chi connectivity index (χ2n) is 12.1. The van der Waals surface area contributed by atoms with Crippen molar-refractivity contribution in [2.75, 3.05) is 0 Å². The highest BCUT2D eigenvalue weighted by Crippen LogP contribution is 2.62. The van der Waals surface area contributed by atoms with Gasteiger partial charge in [0.15, 0.2) is 0 Å². The molecule has 212 valence electrons. The second-order valence-corrected chi connectivity index (χ2v) is 12.1. The number of hydrogen-bond donors (Lipinski definition) is 0. The van der Waals surface area contributed by atoms with Crippen molar-refractivity contribution in [3.63, 3.8) is 0 Å². The summed E-state index contributed by atoms with van der Waals surface area (Å²) < 4.78 is 6.65. The van der Waals surface area contributed by atoms with E-state index in [0.29, 0.717) is 0 Å². The monoisotopic (exact) mass is 574 g/mol. The molecule has 0 saturated carbocycles. The second kappa shape index (κ2) is 10.2. The lowest BCUT2D eigenvalue weighted by Gasteiger charge is -2.39. The zero-order chi connectivity index (χ0) is 29.8. The normalized spacial score (nSPS) is 13.3. The van der Waals surface area contributed by atoms with E-state index >= 15 is 0 Å². The van der Waals surface area contributed by atoms with Gasteiger partial charge in [-0.2, -0.15) is 0 Å². The molecular weight excluding hydrogens is 544 g/mol. The van der Waals surface area contributed by atoms with E-state index in [1.165, 1.54) is 66.8 Å². The number of ether oxygens (including phenoxy) is 1. The fourth-order valence-electron chi connectivity index (χ4n) is 7.69. The van der Waals surface area contributed by atoms with E-state index in [9.17, 15) is 0 Å². The number of fused-ring (bicyclic) bond motifs is 9. The molecule has 0 aromatic heterocycles. The number of rotatable bonds is 4. The summed E-state index contributed by atoms with van der Waals surface area (Å²) in [6.45, 7) is 0. The van der Waals surface area contributed by atoms with Gasteiger partial charge in [-0.25, -0.2) is 0 Å². The van der Waals surface area contributed by atoms with Crippen LogP contribution >= 0.6 is 0 Å². The molecule has 2 aliphatic rings. The molecule has 7 aromatic rings. The zero-order valence-corrected chi connectivity index (χ0v) is 24.8. The predicted octanol–water partition coefficient (Wildman–Crippen LogP) is 11.1. The van der Waals surface area contributed by atoms with E-state index in [2.05, 4.69) is 170 Å². The maximum Gasteiger partial charge on any atom is 0.132 e. The van der Waals surface area contributed by atoms with Gasteiger partial charge in [-0.3, -0.25) is 0 Å². The Kier molecular flexibility index (Phi) is 5.86. The first-order valence-electron chi connectivity index (χ1n) is 15.6. The lowest BCUT2D eigenvalue weighted by molar-refractivity contribution is 0.436. The van der Waals surface area contributed by atoms with E-state index in [4.69, 9.17) is 4.74 Å². The van der Waals surface area contributed by atoms with E-state index in [1.54, 1.807) is 0 Å². The highest BCUT2D eigenvalue weighted by atomic mass is 16.5. The zero-order valence-electron chi connectivity index (χ0n) is 24.8. The third kappa shape index (κ3) is 3.94. The minimum atomic E-state index is -0.448. The molecule has 1 spiro atoms. The number of benzene rings is 7. The first kappa shape index (κ1) is 25.8. The third-order valence-electron chi connectivity index (χ3n) is 9.60. The van der Waals surface area contributed by atoms with Crippen molar-refractivity contribution in [2.24, 2.45) is 0 Å². The van der Waals surface area contributed by atoms with Gasteiger partial charge in [-0.05, 0) is 80.3 Å². The smallest absolute Gasteiger partial charge is 0.132 e. The predicted molar refractivity (Wildman–Crippen MR) is 184 cm³/mol. The van der Waals surface area contributed by atoms with Crippen LogP contribution in [0.3, 0.4) is 0 Å². The lowest BCUT2D eigenvalue weighted by atomic mass is 9.66. The summed E-state index contributed by atoms with van der Waals surface area (Å²) in [5, 5.41) is 0. The molecule has 1 nitrogen and oxygen atoms in total. The fraction of sp³-hybridized carbons (Fsp3) is 0.0455. The van der Waals surface area contributed by atoms with Crippen LogP contribution in [-0.4, -0.2) is 0 Å². The average molecular weight is 575 g/mol. The van der Waals surface area contributed by atoms with Crippen molar-refractivity contribution in [3.8, 4) is 44.9 Å². The Balaban J connectivity index is 1.20. The maximum atomic E-state index is 6.65. The number of hydrogen-bond acceptors (Lipinski definition) is 1. The Hall–Kier alpha value is -5.66. The molecule has 7 aromatic carbocycles. The quantitative estimate of drug-likeness (QED) is 0.203. The molecular formula is C44H30O. The van der Waals surface area contributed by atoms with Crippen molar-refractivity contribution in [1.82, 2.24) is 0 Å². The summed E-state index contributed by atoms with van der Waals surface area (Å²) in [5.74, 6) is 1.85. The summed E-state index contributed by atoms with van der Waals surface area (Å²) in [6.07, 6.45) is 0.819. The largest absolute Gasteiger partial charge is 0.457 e. The molecule has 1 aliphatic heterocycles. The molecule has 0 N–H and O–H groups in total. The van der Waals surface area contributed by atoms with Crippen LogP contribution in [0.2, 0.25) is 0 Å². The Labute approximate surface area is 264 Å². The molecule has 9 rings (SSSR count). The van der Waals surface area contributed by atoms with Crippen molar-refractivity contribution in [1.29, 1.82) is 0 Å². The maximum absolute atomic E-state index is 6.65. The molecule has 1 heterocycles. The van der Waals surface area contributed by atoms with Crippen LogP contribution in [0.5, 0.6) is 11.5 Å². The molecule has 1 heteroatoms.